The fourth-order valence-electron chi connectivity index (χ4n) is 2.21. The van der Waals surface area contributed by atoms with Crippen LogP contribution in [0.2, 0.25) is 0 Å². The van der Waals surface area contributed by atoms with E-state index in [9.17, 15) is 0 Å². The molecular weight excluding hydrogens is 256 g/mol. The normalized spacial score (nSPS) is 14.4. The van der Waals surface area contributed by atoms with Crippen molar-refractivity contribution in [3.63, 3.8) is 0 Å². The Hall–Kier alpha value is -0.160. The Bertz CT molecular complexity index is 167. The first-order valence-electron chi connectivity index (χ1n) is 8.10. The van der Waals surface area contributed by atoms with Crippen molar-refractivity contribution in [1.29, 1.82) is 0 Å². The quantitative estimate of drug-likeness (QED) is 0.434. The summed E-state index contributed by atoms with van der Waals surface area (Å²) in [6.45, 7) is 14.4. The highest BCUT2D eigenvalue weighted by Gasteiger charge is 2.22. The zero-order chi connectivity index (χ0) is 15.1. The summed E-state index contributed by atoms with van der Waals surface area (Å²) in [5.41, 5.74) is 0. The van der Waals surface area contributed by atoms with E-state index < -0.39 is 0 Å². The molecule has 0 aromatic carbocycles. The average Bonchev–Trinajstić information content (AvgIpc) is 2.47. The molecule has 0 radical (unpaired) electrons. The second-order valence-corrected chi connectivity index (χ2v) is 4.81. The Morgan fingerprint density at radius 2 is 0.900 bits per heavy atom. The Labute approximate surface area is 125 Å². The van der Waals surface area contributed by atoms with Crippen LogP contribution in [0.15, 0.2) is 0 Å². The molecule has 122 valence electrons. The van der Waals surface area contributed by atoms with Crippen LogP contribution in [-0.4, -0.2) is 52.9 Å². The molecule has 0 bridgehead atoms. The summed E-state index contributed by atoms with van der Waals surface area (Å²) >= 11 is 0. The molecule has 20 heavy (non-hydrogen) atoms. The standard InChI is InChI=1S/C16H34O4/c1-5-17-11-9-15(13-19-7-3)16(14-20-8-4)10-12-18-6-2/h15-16H,5-14H2,1-4H3. The fraction of sp³-hybridized carbons (Fsp3) is 1.00. The molecule has 0 spiro atoms. The smallest absolute Gasteiger partial charge is 0.0498 e. The van der Waals surface area contributed by atoms with Crippen LogP contribution in [0.25, 0.3) is 0 Å². The molecule has 4 nitrogen and oxygen atoms in total. The lowest BCUT2D eigenvalue weighted by molar-refractivity contribution is 0.00830. The van der Waals surface area contributed by atoms with Crippen LogP contribution in [0.1, 0.15) is 40.5 Å². The SMILES string of the molecule is CCOCCC(COCC)C(CCOCC)COCC. The largest absolute Gasteiger partial charge is 0.382 e. The molecule has 2 atom stereocenters. The van der Waals surface area contributed by atoms with Crippen molar-refractivity contribution in [2.75, 3.05) is 52.9 Å². The average molecular weight is 290 g/mol. The first-order chi connectivity index (χ1) is 9.79. The summed E-state index contributed by atoms with van der Waals surface area (Å²) in [7, 11) is 0. The molecule has 0 amide bonds. The molecule has 0 heterocycles. The van der Waals surface area contributed by atoms with Gasteiger partial charge in [0.05, 0.1) is 0 Å². The number of ether oxygens (including phenoxy) is 4. The van der Waals surface area contributed by atoms with Gasteiger partial charge in [-0.1, -0.05) is 0 Å². The van der Waals surface area contributed by atoms with E-state index in [0.29, 0.717) is 11.8 Å². The highest BCUT2D eigenvalue weighted by atomic mass is 16.5. The molecule has 0 aliphatic heterocycles. The number of rotatable bonds is 15. The van der Waals surface area contributed by atoms with Gasteiger partial charge in [-0.15, -0.1) is 0 Å². The van der Waals surface area contributed by atoms with Crippen LogP contribution < -0.4 is 0 Å². The van der Waals surface area contributed by atoms with Crippen molar-refractivity contribution in [3.8, 4) is 0 Å². The van der Waals surface area contributed by atoms with Crippen LogP contribution in [0, 0.1) is 11.8 Å². The molecule has 0 rings (SSSR count). The number of hydrogen-bond donors (Lipinski definition) is 0. The van der Waals surface area contributed by atoms with Gasteiger partial charge in [-0.2, -0.15) is 0 Å². The second kappa shape index (κ2) is 15.2. The zero-order valence-electron chi connectivity index (χ0n) is 13.9. The third-order valence-corrected chi connectivity index (χ3v) is 3.41. The van der Waals surface area contributed by atoms with Gasteiger partial charge in [0.15, 0.2) is 0 Å². The van der Waals surface area contributed by atoms with Gasteiger partial charge in [-0.25, -0.2) is 0 Å². The highest BCUT2D eigenvalue weighted by molar-refractivity contribution is 4.70. The van der Waals surface area contributed by atoms with Gasteiger partial charge >= 0.3 is 0 Å². The minimum atomic E-state index is 0.480. The van der Waals surface area contributed by atoms with E-state index in [0.717, 1.165) is 65.7 Å². The lowest BCUT2D eigenvalue weighted by Crippen LogP contribution is -2.27. The Balaban J connectivity index is 4.32. The predicted molar refractivity (Wildman–Crippen MR) is 82.2 cm³/mol. The van der Waals surface area contributed by atoms with Crippen LogP contribution in [0.4, 0.5) is 0 Å². The van der Waals surface area contributed by atoms with Crippen LogP contribution in [-0.2, 0) is 18.9 Å². The lowest BCUT2D eigenvalue weighted by atomic mass is 9.88. The summed E-state index contributed by atoms with van der Waals surface area (Å²) in [4.78, 5) is 0. The lowest BCUT2D eigenvalue weighted by Gasteiger charge is -2.27. The fourth-order valence-corrected chi connectivity index (χ4v) is 2.21. The van der Waals surface area contributed by atoms with Crippen molar-refractivity contribution < 1.29 is 18.9 Å². The maximum Gasteiger partial charge on any atom is 0.0498 e. The molecule has 0 aromatic rings. The van der Waals surface area contributed by atoms with Crippen molar-refractivity contribution >= 4 is 0 Å². The van der Waals surface area contributed by atoms with Crippen molar-refractivity contribution in [3.05, 3.63) is 0 Å². The van der Waals surface area contributed by atoms with Gasteiger partial charge in [0.1, 0.15) is 0 Å². The summed E-state index contributed by atoms with van der Waals surface area (Å²) in [5, 5.41) is 0. The highest BCUT2D eigenvalue weighted by Crippen LogP contribution is 2.21. The van der Waals surface area contributed by atoms with Crippen molar-refractivity contribution in [2.45, 2.75) is 40.5 Å². The van der Waals surface area contributed by atoms with E-state index in [4.69, 9.17) is 18.9 Å². The number of hydrogen-bond acceptors (Lipinski definition) is 4. The minimum Gasteiger partial charge on any atom is -0.382 e. The predicted octanol–water partition coefficient (Wildman–Crippen LogP) is 3.15. The third kappa shape index (κ3) is 10.6. The topological polar surface area (TPSA) is 36.9 Å². The second-order valence-electron chi connectivity index (χ2n) is 4.81. The zero-order valence-corrected chi connectivity index (χ0v) is 13.9. The van der Waals surface area contributed by atoms with Gasteiger partial charge < -0.3 is 18.9 Å². The molecule has 0 saturated heterocycles. The maximum atomic E-state index is 5.64. The van der Waals surface area contributed by atoms with Crippen LogP contribution >= 0.6 is 0 Å². The van der Waals surface area contributed by atoms with E-state index >= 15 is 0 Å². The van der Waals surface area contributed by atoms with Gasteiger partial charge in [0, 0.05) is 52.9 Å². The Morgan fingerprint density at radius 1 is 0.550 bits per heavy atom. The summed E-state index contributed by atoms with van der Waals surface area (Å²) < 4.78 is 22.3. The molecular formula is C16H34O4. The van der Waals surface area contributed by atoms with E-state index in [2.05, 4.69) is 0 Å². The monoisotopic (exact) mass is 290 g/mol. The molecule has 0 saturated carbocycles. The molecule has 0 aliphatic carbocycles. The van der Waals surface area contributed by atoms with E-state index in [1.807, 2.05) is 27.7 Å². The van der Waals surface area contributed by atoms with E-state index in [-0.39, 0.29) is 0 Å². The first-order valence-corrected chi connectivity index (χ1v) is 8.10. The summed E-state index contributed by atoms with van der Waals surface area (Å²) in [5.74, 6) is 0.960. The summed E-state index contributed by atoms with van der Waals surface area (Å²) in [6, 6.07) is 0. The van der Waals surface area contributed by atoms with Gasteiger partial charge in [-0.3, -0.25) is 0 Å². The molecule has 0 fully saturated rings. The Kier molecular flexibility index (Phi) is 15.1. The van der Waals surface area contributed by atoms with Gasteiger partial charge in [0.25, 0.3) is 0 Å². The van der Waals surface area contributed by atoms with Gasteiger partial charge in [0.2, 0.25) is 0 Å². The van der Waals surface area contributed by atoms with Crippen LogP contribution in [0.5, 0.6) is 0 Å². The first kappa shape index (κ1) is 19.8. The third-order valence-electron chi connectivity index (χ3n) is 3.41. The Morgan fingerprint density at radius 3 is 1.20 bits per heavy atom. The van der Waals surface area contributed by atoms with E-state index in [1.54, 1.807) is 0 Å². The summed E-state index contributed by atoms with van der Waals surface area (Å²) in [6.07, 6.45) is 2.05. The van der Waals surface area contributed by atoms with Crippen LogP contribution in [0.3, 0.4) is 0 Å². The van der Waals surface area contributed by atoms with Crippen molar-refractivity contribution in [2.24, 2.45) is 11.8 Å². The molecule has 0 N–H and O–H groups in total. The maximum absolute atomic E-state index is 5.64. The van der Waals surface area contributed by atoms with E-state index in [1.165, 1.54) is 0 Å². The minimum absolute atomic E-state index is 0.480. The molecule has 2 unspecified atom stereocenters. The van der Waals surface area contributed by atoms with Gasteiger partial charge in [-0.05, 0) is 52.4 Å². The molecule has 0 aliphatic rings. The molecule has 4 heteroatoms. The van der Waals surface area contributed by atoms with Crippen molar-refractivity contribution in [1.82, 2.24) is 0 Å². The molecule has 0 aromatic heterocycles.